The zero-order valence-electron chi connectivity index (χ0n) is 12.9. The Morgan fingerprint density at radius 2 is 2.12 bits per heavy atom. The van der Waals surface area contributed by atoms with Crippen molar-refractivity contribution in [3.63, 3.8) is 0 Å². The van der Waals surface area contributed by atoms with Gasteiger partial charge in [-0.05, 0) is 42.7 Å². The molecule has 5 nitrogen and oxygen atoms in total. The van der Waals surface area contributed by atoms with Gasteiger partial charge in [-0.1, -0.05) is 11.6 Å². The third kappa shape index (κ3) is 3.47. The zero-order valence-corrected chi connectivity index (χ0v) is 14.5. The second-order valence-corrected chi connectivity index (χ2v) is 8.37. The van der Waals surface area contributed by atoms with Gasteiger partial charge in [0, 0.05) is 17.8 Å². The molecule has 0 spiro atoms. The molecule has 0 saturated heterocycles. The molecule has 2 aromatic rings. The first-order chi connectivity index (χ1) is 11.2. The Morgan fingerprint density at radius 1 is 1.38 bits per heavy atom. The molecule has 1 aromatic carbocycles. The molecule has 0 bridgehead atoms. The molecular formula is C16H15ClFNO4S. The van der Waals surface area contributed by atoms with E-state index in [1.165, 1.54) is 23.1 Å². The normalized spacial score (nSPS) is 14.5. The van der Waals surface area contributed by atoms with E-state index >= 15 is 0 Å². The van der Waals surface area contributed by atoms with Crippen molar-refractivity contribution in [1.29, 1.82) is 0 Å². The molecule has 0 fully saturated rings. The van der Waals surface area contributed by atoms with Crippen LogP contribution in [0, 0.1) is 5.82 Å². The van der Waals surface area contributed by atoms with Crippen LogP contribution in [0.4, 0.5) is 10.1 Å². The maximum absolute atomic E-state index is 14.3. The molecule has 1 amide bonds. The summed E-state index contributed by atoms with van der Waals surface area (Å²) >= 11 is 5.87. The molecule has 0 aliphatic carbocycles. The van der Waals surface area contributed by atoms with E-state index in [9.17, 15) is 17.6 Å². The summed E-state index contributed by atoms with van der Waals surface area (Å²) in [5.41, 5.74) is 0.874. The van der Waals surface area contributed by atoms with E-state index in [4.69, 9.17) is 16.0 Å². The SMILES string of the molecule is CS(=O)(=O)Cc1ccc(C(=O)N2CCCc3cc(Cl)cc(F)c32)o1. The highest BCUT2D eigenvalue weighted by Gasteiger charge is 2.29. The lowest BCUT2D eigenvalue weighted by molar-refractivity contribution is 0.0956. The third-order valence-corrected chi connectivity index (χ3v) is 4.75. The molecular weight excluding hydrogens is 357 g/mol. The lowest BCUT2D eigenvalue weighted by Crippen LogP contribution is -2.36. The monoisotopic (exact) mass is 371 g/mol. The van der Waals surface area contributed by atoms with Crippen molar-refractivity contribution in [2.75, 3.05) is 17.7 Å². The predicted octanol–water partition coefficient (Wildman–Crippen LogP) is 3.21. The Bertz CT molecular complexity index is 907. The van der Waals surface area contributed by atoms with Gasteiger partial charge in [0.2, 0.25) is 0 Å². The van der Waals surface area contributed by atoms with Crippen LogP contribution < -0.4 is 4.90 Å². The van der Waals surface area contributed by atoms with Crippen LogP contribution in [0.15, 0.2) is 28.7 Å². The summed E-state index contributed by atoms with van der Waals surface area (Å²) in [5.74, 6) is -1.20. The van der Waals surface area contributed by atoms with Crippen LogP contribution in [0.2, 0.25) is 5.02 Å². The first-order valence-electron chi connectivity index (χ1n) is 7.31. The van der Waals surface area contributed by atoms with Gasteiger partial charge in [0.1, 0.15) is 17.3 Å². The molecule has 0 radical (unpaired) electrons. The lowest BCUT2D eigenvalue weighted by atomic mass is 10.0. The molecule has 8 heteroatoms. The number of rotatable bonds is 3. The lowest BCUT2D eigenvalue weighted by Gasteiger charge is -2.29. The van der Waals surface area contributed by atoms with Gasteiger partial charge in [0.25, 0.3) is 5.91 Å². The van der Waals surface area contributed by atoms with Crippen LogP contribution in [0.5, 0.6) is 0 Å². The topological polar surface area (TPSA) is 67.6 Å². The second kappa shape index (κ2) is 6.22. The Morgan fingerprint density at radius 3 is 2.83 bits per heavy atom. The van der Waals surface area contributed by atoms with Crippen LogP contribution in [0.1, 0.15) is 28.3 Å². The highest BCUT2D eigenvalue weighted by atomic mass is 35.5. The fraction of sp³-hybridized carbons (Fsp3) is 0.312. The quantitative estimate of drug-likeness (QED) is 0.830. The Hall–Kier alpha value is -1.86. The van der Waals surface area contributed by atoms with Crippen LogP contribution >= 0.6 is 11.6 Å². The largest absolute Gasteiger partial charge is 0.455 e. The number of carbonyl (C=O) groups is 1. The third-order valence-electron chi connectivity index (χ3n) is 3.73. The van der Waals surface area contributed by atoms with E-state index in [2.05, 4.69) is 0 Å². The maximum Gasteiger partial charge on any atom is 0.294 e. The number of fused-ring (bicyclic) bond motifs is 1. The van der Waals surface area contributed by atoms with Gasteiger partial charge in [-0.25, -0.2) is 12.8 Å². The molecule has 0 unspecified atom stereocenters. The number of nitrogens with zero attached hydrogens (tertiary/aromatic N) is 1. The fourth-order valence-electron chi connectivity index (χ4n) is 2.82. The molecule has 1 aliphatic rings. The number of amides is 1. The van der Waals surface area contributed by atoms with E-state index in [-0.39, 0.29) is 28.0 Å². The van der Waals surface area contributed by atoms with Gasteiger partial charge >= 0.3 is 0 Å². The van der Waals surface area contributed by atoms with Crippen LogP contribution in [-0.4, -0.2) is 27.1 Å². The smallest absolute Gasteiger partial charge is 0.294 e. The molecule has 0 saturated carbocycles. The fourth-order valence-corrected chi connectivity index (χ4v) is 3.72. The van der Waals surface area contributed by atoms with Crippen molar-refractivity contribution in [1.82, 2.24) is 0 Å². The zero-order chi connectivity index (χ0) is 17.5. The summed E-state index contributed by atoms with van der Waals surface area (Å²) in [6.07, 6.45) is 2.39. The van der Waals surface area contributed by atoms with E-state index in [0.29, 0.717) is 24.9 Å². The molecule has 0 atom stereocenters. The summed E-state index contributed by atoms with van der Waals surface area (Å²) in [6, 6.07) is 5.67. The Balaban J connectivity index is 1.93. The molecule has 2 heterocycles. The van der Waals surface area contributed by atoms with Gasteiger partial charge in [0.15, 0.2) is 15.6 Å². The summed E-state index contributed by atoms with van der Waals surface area (Å²) < 4.78 is 42.2. The van der Waals surface area contributed by atoms with Crippen LogP contribution in [-0.2, 0) is 22.0 Å². The van der Waals surface area contributed by atoms with E-state index < -0.39 is 21.6 Å². The minimum absolute atomic E-state index is 0.0177. The van der Waals surface area contributed by atoms with Crippen molar-refractivity contribution >= 4 is 33.0 Å². The molecule has 128 valence electrons. The summed E-state index contributed by atoms with van der Waals surface area (Å²) in [5, 5.41) is 0.286. The molecule has 24 heavy (non-hydrogen) atoms. The number of hydrogen-bond acceptors (Lipinski definition) is 4. The van der Waals surface area contributed by atoms with E-state index in [0.717, 1.165) is 6.26 Å². The number of benzene rings is 1. The van der Waals surface area contributed by atoms with Crippen molar-refractivity contribution in [3.8, 4) is 0 Å². The van der Waals surface area contributed by atoms with Crippen molar-refractivity contribution in [2.45, 2.75) is 18.6 Å². The first-order valence-corrected chi connectivity index (χ1v) is 9.75. The van der Waals surface area contributed by atoms with Gasteiger partial charge in [0.05, 0.1) is 5.69 Å². The summed E-state index contributed by atoms with van der Waals surface area (Å²) in [4.78, 5) is 14.0. The minimum atomic E-state index is -3.27. The number of sulfone groups is 1. The number of hydrogen-bond donors (Lipinski definition) is 0. The van der Waals surface area contributed by atoms with Gasteiger partial charge in [-0.2, -0.15) is 0 Å². The van der Waals surface area contributed by atoms with Crippen molar-refractivity contribution in [3.05, 3.63) is 52.2 Å². The number of furan rings is 1. The first kappa shape index (κ1) is 17.0. The van der Waals surface area contributed by atoms with Crippen molar-refractivity contribution < 1.29 is 22.0 Å². The number of aryl methyl sites for hydroxylation is 1. The standard InChI is InChI=1S/C16H15ClFNO4S/c1-24(21,22)9-12-4-5-14(23-12)16(20)19-6-2-3-10-7-11(17)8-13(18)15(10)19/h4-5,7-8H,2-3,6,9H2,1H3. The summed E-state index contributed by atoms with van der Waals surface area (Å²) in [6.45, 7) is 0.354. The highest BCUT2D eigenvalue weighted by Crippen LogP contribution is 2.33. The summed E-state index contributed by atoms with van der Waals surface area (Å²) in [7, 11) is -3.27. The maximum atomic E-state index is 14.3. The molecule has 1 aliphatic heterocycles. The minimum Gasteiger partial charge on any atom is -0.455 e. The van der Waals surface area contributed by atoms with E-state index in [1.807, 2.05) is 0 Å². The molecule has 1 aromatic heterocycles. The van der Waals surface area contributed by atoms with Gasteiger partial charge < -0.3 is 9.32 Å². The molecule has 3 rings (SSSR count). The predicted molar refractivity (Wildman–Crippen MR) is 88.7 cm³/mol. The van der Waals surface area contributed by atoms with Crippen LogP contribution in [0.3, 0.4) is 0 Å². The van der Waals surface area contributed by atoms with Crippen LogP contribution in [0.25, 0.3) is 0 Å². The number of carbonyl (C=O) groups excluding carboxylic acids is 1. The van der Waals surface area contributed by atoms with Gasteiger partial charge in [-0.15, -0.1) is 0 Å². The Labute approximate surface area is 143 Å². The van der Waals surface area contributed by atoms with Crippen molar-refractivity contribution in [2.24, 2.45) is 0 Å². The number of anilines is 1. The van der Waals surface area contributed by atoms with Gasteiger partial charge in [-0.3, -0.25) is 4.79 Å². The Kier molecular flexibility index (Phi) is 4.40. The average Bonchev–Trinajstić information content (AvgIpc) is 2.91. The number of halogens is 2. The average molecular weight is 372 g/mol. The molecule has 0 N–H and O–H groups in total. The second-order valence-electron chi connectivity index (χ2n) is 5.79. The highest BCUT2D eigenvalue weighted by molar-refractivity contribution is 7.89. The van der Waals surface area contributed by atoms with E-state index in [1.54, 1.807) is 6.07 Å².